The zero-order chi connectivity index (χ0) is 52.1. The second-order valence-electron chi connectivity index (χ2n) is 22.7. The van der Waals surface area contributed by atoms with Crippen LogP contribution in [0.2, 0.25) is 0 Å². The van der Waals surface area contributed by atoms with Crippen LogP contribution in [-0.2, 0) is 20.8 Å². The van der Waals surface area contributed by atoms with Crippen LogP contribution in [0.25, 0.3) is 12.2 Å². The van der Waals surface area contributed by atoms with Crippen LogP contribution >= 0.6 is 0 Å². The molecule has 1 aromatic heterocycles. The zero-order valence-corrected chi connectivity index (χ0v) is 43.6. The molecular weight excluding hydrogens is 945 g/mol. The molecule has 5 amide bonds. The number of hydrogen-bond donors (Lipinski definition) is 2. The lowest BCUT2D eigenvalue weighted by molar-refractivity contribution is -0.140. The van der Waals surface area contributed by atoms with Crippen molar-refractivity contribution in [2.75, 3.05) is 91.6 Å². The van der Waals surface area contributed by atoms with E-state index in [0.29, 0.717) is 93.3 Å². The Balaban J connectivity index is 0.717. The molecule has 6 aliphatic rings. The van der Waals surface area contributed by atoms with Gasteiger partial charge in [0.25, 0.3) is 17.4 Å². The third-order valence-electron chi connectivity index (χ3n) is 16.6. The van der Waals surface area contributed by atoms with Crippen molar-refractivity contribution in [3.63, 3.8) is 0 Å². The van der Waals surface area contributed by atoms with Crippen molar-refractivity contribution in [3.05, 3.63) is 96.8 Å². The highest BCUT2D eigenvalue weighted by atomic mass is 19.1. The fourth-order valence-electron chi connectivity index (χ4n) is 12.2. The van der Waals surface area contributed by atoms with Crippen molar-refractivity contribution >= 4 is 41.7 Å². The monoisotopic (exact) mass is 1020 g/mol. The molecule has 74 heavy (non-hydrogen) atoms. The lowest BCUT2D eigenvalue weighted by atomic mass is 9.82. The van der Waals surface area contributed by atoms with Gasteiger partial charge in [-0.15, -0.1) is 0 Å². The summed E-state index contributed by atoms with van der Waals surface area (Å²) in [7, 11) is 0. The number of nitrogens with zero attached hydrogens (tertiary/aromatic N) is 7. The zero-order valence-electron chi connectivity index (χ0n) is 43.6. The minimum absolute atomic E-state index is 0.0138. The maximum atomic E-state index is 16.4. The summed E-state index contributed by atoms with van der Waals surface area (Å²) in [6, 6.07) is 8.72. The smallest absolute Gasteiger partial charge is 0.271 e. The van der Waals surface area contributed by atoms with Crippen LogP contribution in [0.4, 0.5) is 8.78 Å². The summed E-state index contributed by atoms with van der Waals surface area (Å²) in [5.74, 6) is -2.00. The number of likely N-dealkylation sites (tertiary alicyclic amines) is 2. The van der Waals surface area contributed by atoms with Gasteiger partial charge in [-0.05, 0) is 92.5 Å². The number of aromatic amines is 1. The topological polar surface area (TPSA) is 163 Å². The number of carbonyl (C=O) groups excluding carboxylic acids is 5. The predicted octanol–water partition coefficient (Wildman–Crippen LogP) is 4.27. The number of fused-ring (bicyclic) bond motifs is 1. The summed E-state index contributed by atoms with van der Waals surface area (Å²) in [4.78, 5) is 92.7. The summed E-state index contributed by atoms with van der Waals surface area (Å²) in [5.41, 5.74) is 0.968. The number of carbonyl (C=O) groups is 5. The molecule has 0 spiro atoms. The number of benzene rings is 2. The molecule has 1 saturated carbocycles. The van der Waals surface area contributed by atoms with Crippen molar-refractivity contribution in [2.24, 2.45) is 17.3 Å². The average molecular weight is 1020 g/mol. The lowest BCUT2D eigenvalue weighted by Gasteiger charge is -2.41. The van der Waals surface area contributed by atoms with Crippen LogP contribution in [0.5, 0.6) is 0 Å². The lowest BCUT2D eigenvalue weighted by Crippen LogP contribution is -2.56. The van der Waals surface area contributed by atoms with E-state index in [1.54, 1.807) is 34.1 Å². The van der Waals surface area contributed by atoms with Crippen molar-refractivity contribution in [1.29, 1.82) is 0 Å². The molecule has 1 unspecified atom stereocenters. The van der Waals surface area contributed by atoms with E-state index in [4.69, 9.17) is 0 Å². The van der Waals surface area contributed by atoms with Gasteiger partial charge in [0.1, 0.15) is 17.7 Å². The Morgan fingerprint density at radius 3 is 2.14 bits per heavy atom. The molecule has 0 bridgehead atoms. The third kappa shape index (κ3) is 12.3. The summed E-state index contributed by atoms with van der Waals surface area (Å²) in [5, 5.41) is 11.3. The van der Waals surface area contributed by atoms with E-state index < -0.39 is 34.9 Å². The molecule has 4 saturated heterocycles. The standard InChI is InChI=1S/C57H75F2N9O6/c1-57(2,3)56(74)68-22-10-13-41(36-68)42-16-9-17-45(50(42)59)52(70)60-51(40-11-5-4-6-12-40)55(73)66-23-20-38(21-24-66)35-63-25-27-64(28-26-63)37-49(69)65-29-31-67(32-30-65)54(72)46-33-39(18-19-47(46)58)34-48-43-14-7-8-15-44(43)53(71)62-61-48/h9,14-19,33,38,40-41,51H,4-8,10-13,20-32,34-37H2,1-3H3,(H,60,70)(H,62,71)/t41?,51-/m1/s1. The van der Waals surface area contributed by atoms with Crippen LogP contribution in [0.15, 0.2) is 41.2 Å². The predicted molar refractivity (Wildman–Crippen MR) is 278 cm³/mol. The van der Waals surface area contributed by atoms with E-state index in [1.807, 2.05) is 42.7 Å². The number of piperidine rings is 2. The minimum atomic E-state index is -0.727. The summed E-state index contributed by atoms with van der Waals surface area (Å²) in [6.45, 7) is 13.7. The highest BCUT2D eigenvalue weighted by molar-refractivity contribution is 5.98. The first-order valence-electron chi connectivity index (χ1n) is 27.4. The van der Waals surface area contributed by atoms with Crippen molar-refractivity contribution in [1.82, 2.24) is 44.9 Å². The maximum absolute atomic E-state index is 16.4. The van der Waals surface area contributed by atoms with Gasteiger partial charge in [-0.25, -0.2) is 13.9 Å². The van der Waals surface area contributed by atoms with Gasteiger partial charge in [-0.1, -0.05) is 70.4 Å². The number of nitrogens with one attached hydrogen (secondary N) is 2. The number of rotatable bonds is 12. The molecule has 15 nitrogen and oxygen atoms in total. The molecule has 4 aliphatic heterocycles. The fraction of sp³-hybridized carbons (Fsp3) is 0.596. The average Bonchev–Trinajstić information content (AvgIpc) is 3.41. The Morgan fingerprint density at radius 1 is 0.730 bits per heavy atom. The molecule has 0 radical (unpaired) electrons. The van der Waals surface area contributed by atoms with Gasteiger partial charge in [0.2, 0.25) is 17.7 Å². The van der Waals surface area contributed by atoms with Gasteiger partial charge in [-0.2, -0.15) is 5.10 Å². The first-order chi connectivity index (χ1) is 35.6. The van der Waals surface area contributed by atoms with Crippen LogP contribution in [0.1, 0.15) is 135 Å². The minimum Gasteiger partial charge on any atom is -0.342 e. The number of piperazine rings is 2. The van der Waals surface area contributed by atoms with Gasteiger partial charge in [-0.3, -0.25) is 33.7 Å². The van der Waals surface area contributed by atoms with Gasteiger partial charge in [0.15, 0.2) is 0 Å². The Morgan fingerprint density at radius 2 is 1.42 bits per heavy atom. The second kappa shape index (κ2) is 23.4. The fourth-order valence-corrected chi connectivity index (χ4v) is 12.2. The Labute approximate surface area is 433 Å². The molecular formula is C57H75F2N9O6. The molecule has 398 valence electrons. The van der Waals surface area contributed by atoms with Crippen molar-refractivity contribution in [2.45, 2.75) is 110 Å². The highest BCUT2D eigenvalue weighted by Gasteiger charge is 2.38. The van der Waals surface area contributed by atoms with Gasteiger partial charge >= 0.3 is 0 Å². The first-order valence-corrected chi connectivity index (χ1v) is 27.4. The number of aromatic nitrogens is 2. The number of halogens is 2. The Bertz CT molecular complexity index is 2750. The molecule has 5 heterocycles. The van der Waals surface area contributed by atoms with Crippen molar-refractivity contribution < 1.29 is 32.8 Å². The SMILES string of the molecule is CC(C)(C)C(=O)N1CCCC(c2cccc(C(=O)N[C@@H](C(=O)N3CCC(CN4CCN(CC(=O)N5CCN(C(=O)c6cc(Cc7n[nH]c(=O)c8c7=CCCC=8)ccc6F)CC5)CC4)CC3)C3CCCCC3)c2F)C1. The van der Waals surface area contributed by atoms with Crippen LogP contribution in [-0.4, -0.2) is 167 Å². The molecule has 2 N–H and O–H groups in total. The van der Waals surface area contributed by atoms with E-state index in [-0.39, 0.29) is 46.2 Å². The molecule has 17 heteroatoms. The van der Waals surface area contributed by atoms with E-state index in [0.717, 1.165) is 109 Å². The molecule has 5 fully saturated rings. The normalized spacial score (nSPS) is 21.1. The Hall–Kier alpha value is -5.81. The van der Waals surface area contributed by atoms with Gasteiger partial charge < -0.3 is 29.8 Å². The van der Waals surface area contributed by atoms with Crippen LogP contribution in [0, 0.1) is 28.9 Å². The first kappa shape index (κ1) is 53.0. The number of hydrogen-bond acceptors (Lipinski definition) is 9. The largest absolute Gasteiger partial charge is 0.342 e. The molecule has 2 aromatic carbocycles. The summed E-state index contributed by atoms with van der Waals surface area (Å²) >= 11 is 0. The van der Waals surface area contributed by atoms with Crippen LogP contribution < -0.4 is 21.3 Å². The highest BCUT2D eigenvalue weighted by Crippen LogP contribution is 2.33. The second-order valence-corrected chi connectivity index (χ2v) is 22.7. The summed E-state index contributed by atoms with van der Waals surface area (Å²) in [6.07, 6.45) is 13.8. The molecule has 2 aliphatic carbocycles. The summed E-state index contributed by atoms with van der Waals surface area (Å²) < 4.78 is 31.5. The van der Waals surface area contributed by atoms with Crippen molar-refractivity contribution in [3.8, 4) is 0 Å². The van der Waals surface area contributed by atoms with E-state index in [2.05, 4.69) is 25.3 Å². The van der Waals surface area contributed by atoms with Gasteiger partial charge in [0, 0.05) is 113 Å². The number of amides is 5. The van der Waals surface area contributed by atoms with E-state index in [9.17, 15) is 28.8 Å². The quantitative estimate of drug-likeness (QED) is 0.270. The van der Waals surface area contributed by atoms with Gasteiger partial charge in [0.05, 0.1) is 23.4 Å². The van der Waals surface area contributed by atoms with E-state index >= 15 is 8.78 Å². The van der Waals surface area contributed by atoms with E-state index in [1.165, 1.54) is 12.1 Å². The molecule has 3 aromatic rings. The maximum Gasteiger partial charge on any atom is 0.271 e. The molecule has 2 atom stereocenters. The Kier molecular flexibility index (Phi) is 16.8. The molecule has 9 rings (SSSR count). The third-order valence-corrected chi connectivity index (χ3v) is 16.6. The number of H-pyrrole nitrogens is 1. The van der Waals surface area contributed by atoms with Crippen LogP contribution in [0.3, 0.4) is 0 Å².